The van der Waals surface area contributed by atoms with Crippen molar-refractivity contribution >= 4 is 11.9 Å². The maximum atomic E-state index is 12.8. The van der Waals surface area contributed by atoms with E-state index in [-0.39, 0.29) is 17.7 Å². The van der Waals surface area contributed by atoms with Crippen LogP contribution in [0.25, 0.3) is 0 Å². The van der Waals surface area contributed by atoms with E-state index < -0.39 is 5.97 Å². The summed E-state index contributed by atoms with van der Waals surface area (Å²) >= 11 is 0. The predicted molar refractivity (Wildman–Crippen MR) is 75.2 cm³/mol. The van der Waals surface area contributed by atoms with Crippen molar-refractivity contribution in [1.29, 1.82) is 0 Å². The monoisotopic (exact) mass is 279 g/mol. The highest BCUT2D eigenvalue weighted by Crippen LogP contribution is 2.38. The number of carbonyl (C=O) groups is 2. The molecule has 0 aromatic carbocycles. The van der Waals surface area contributed by atoms with E-state index in [9.17, 15) is 9.59 Å². The molecule has 1 aliphatic heterocycles. The SMILES string of the molecule is O=C(O)C1CCC(C(=O)N2CCCC3CCCCC32)C1. The number of rotatable bonds is 2. The van der Waals surface area contributed by atoms with Crippen LogP contribution in [0.15, 0.2) is 0 Å². The molecule has 1 amide bonds. The predicted octanol–water partition coefficient (Wildman–Crippen LogP) is 2.67. The molecule has 0 aromatic heterocycles. The van der Waals surface area contributed by atoms with E-state index in [1.807, 2.05) is 0 Å². The van der Waals surface area contributed by atoms with Gasteiger partial charge in [-0.1, -0.05) is 12.8 Å². The summed E-state index contributed by atoms with van der Waals surface area (Å²) in [6, 6.07) is 0.453. The number of aliphatic carboxylic acids is 1. The second-order valence-electron chi connectivity index (χ2n) is 6.83. The normalized spacial score (nSPS) is 37.5. The molecule has 2 saturated carbocycles. The number of piperidine rings is 1. The summed E-state index contributed by atoms with van der Waals surface area (Å²) < 4.78 is 0. The van der Waals surface area contributed by atoms with Gasteiger partial charge in [-0.3, -0.25) is 9.59 Å². The topological polar surface area (TPSA) is 57.6 Å². The van der Waals surface area contributed by atoms with Crippen LogP contribution in [0.2, 0.25) is 0 Å². The van der Waals surface area contributed by atoms with Gasteiger partial charge in [0.1, 0.15) is 0 Å². The number of carboxylic acid groups (broad SMARTS) is 1. The second-order valence-corrected chi connectivity index (χ2v) is 6.83. The lowest BCUT2D eigenvalue weighted by atomic mass is 9.78. The number of nitrogens with zero attached hydrogens (tertiary/aromatic N) is 1. The number of likely N-dealkylation sites (tertiary alicyclic amines) is 1. The van der Waals surface area contributed by atoms with E-state index in [4.69, 9.17) is 5.11 Å². The van der Waals surface area contributed by atoms with Gasteiger partial charge in [0, 0.05) is 18.5 Å². The van der Waals surface area contributed by atoms with Crippen LogP contribution in [0.4, 0.5) is 0 Å². The Morgan fingerprint density at radius 2 is 1.60 bits per heavy atom. The zero-order valence-electron chi connectivity index (χ0n) is 12.1. The summed E-state index contributed by atoms with van der Waals surface area (Å²) in [5.74, 6) is -0.0920. The van der Waals surface area contributed by atoms with E-state index >= 15 is 0 Å². The smallest absolute Gasteiger partial charge is 0.306 e. The van der Waals surface area contributed by atoms with E-state index in [0.29, 0.717) is 24.8 Å². The Hall–Kier alpha value is -1.06. The van der Waals surface area contributed by atoms with Gasteiger partial charge in [-0.15, -0.1) is 0 Å². The minimum absolute atomic E-state index is 0.0308. The minimum atomic E-state index is -0.727. The quantitative estimate of drug-likeness (QED) is 0.845. The van der Waals surface area contributed by atoms with Gasteiger partial charge in [-0.05, 0) is 50.9 Å². The summed E-state index contributed by atoms with van der Waals surface area (Å²) in [6.45, 7) is 0.897. The van der Waals surface area contributed by atoms with Crippen LogP contribution in [0, 0.1) is 17.8 Å². The average molecular weight is 279 g/mol. The van der Waals surface area contributed by atoms with Crippen LogP contribution in [-0.4, -0.2) is 34.5 Å². The molecule has 1 heterocycles. The second kappa shape index (κ2) is 5.74. The molecular formula is C16H25NO3. The first kappa shape index (κ1) is 13.9. The molecule has 0 bridgehead atoms. The molecule has 20 heavy (non-hydrogen) atoms. The van der Waals surface area contributed by atoms with Gasteiger partial charge in [0.15, 0.2) is 0 Å². The third-order valence-corrected chi connectivity index (χ3v) is 5.66. The fraction of sp³-hybridized carbons (Fsp3) is 0.875. The van der Waals surface area contributed by atoms with Gasteiger partial charge >= 0.3 is 5.97 Å². The Bertz CT molecular complexity index is 393. The minimum Gasteiger partial charge on any atom is -0.481 e. The molecule has 0 aromatic rings. The van der Waals surface area contributed by atoms with Crippen molar-refractivity contribution in [1.82, 2.24) is 4.90 Å². The maximum absolute atomic E-state index is 12.8. The van der Waals surface area contributed by atoms with Crippen LogP contribution in [0.5, 0.6) is 0 Å². The third-order valence-electron chi connectivity index (χ3n) is 5.66. The lowest BCUT2D eigenvalue weighted by Crippen LogP contribution is -2.51. The van der Waals surface area contributed by atoms with Crippen molar-refractivity contribution in [2.24, 2.45) is 17.8 Å². The highest BCUT2D eigenvalue weighted by Gasteiger charge is 2.41. The standard InChI is InChI=1S/C16H25NO3/c18-15(12-7-8-13(10-12)16(19)20)17-9-3-5-11-4-1-2-6-14(11)17/h11-14H,1-10H2,(H,19,20). The molecule has 3 fully saturated rings. The van der Waals surface area contributed by atoms with Crippen molar-refractivity contribution in [2.45, 2.75) is 63.8 Å². The first-order valence-electron chi connectivity index (χ1n) is 8.20. The molecule has 4 atom stereocenters. The Balaban J connectivity index is 1.65. The molecule has 4 unspecified atom stereocenters. The Labute approximate surface area is 120 Å². The van der Waals surface area contributed by atoms with Crippen molar-refractivity contribution in [2.75, 3.05) is 6.54 Å². The molecule has 3 rings (SSSR count). The summed E-state index contributed by atoms with van der Waals surface area (Å²) in [5.41, 5.74) is 0. The first-order valence-corrected chi connectivity index (χ1v) is 8.20. The van der Waals surface area contributed by atoms with Crippen LogP contribution < -0.4 is 0 Å². The van der Waals surface area contributed by atoms with E-state index in [2.05, 4.69) is 4.90 Å². The first-order chi connectivity index (χ1) is 9.66. The number of carboxylic acids is 1. The van der Waals surface area contributed by atoms with Gasteiger partial charge in [0.05, 0.1) is 5.92 Å². The molecular weight excluding hydrogens is 254 g/mol. The molecule has 112 valence electrons. The highest BCUT2D eigenvalue weighted by atomic mass is 16.4. The van der Waals surface area contributed by atoms with Crippen LogP contribution in [-0.2, 0) is 9.59 Å². The van der Waals surface area contributed by atoms with Crippen molar-refractivity contribution in [3.8, 4) is 0 Å². The summed E-state index contributed by atoms with van der Waals surface area (Å²) in [7, 11) is 0. The molecule has 0 spiro atoms. The van der Waals surface area contributed by atoms with Gasteiger partial charge < -0.3 is 10.0 Å². The zero-order valence-corrected chi connectivity index (χ0v) is 12.1. The number of amides is 1. The summed E-state index contributed by atoms with van der Waals surface area (Å²) in [6.07, 6.45) is 9.39. The number of hydrogen-bond acceptors (Lipinski definition) is 2. The molecule has 3 aliphatic rings. The van der Waals surface area contributed by atoms with Gasteiger partial charge in [-0.25, -0.2) is 0 Å². The molecule has 2 aliphatic carbocycles. The third kappa shape index (κ3) is 2.57. The van der Waals surface area contributed by atoms with E-state index in [1.54, 1.807) is 0 Å². The fourth-order valence-electron chi connectivity index (χ4n) is 4.56. The van der Waals surface area contributed by atoms with Crippen molar-refractivity contribution in [3.05, 3.63) is 0 Å². The molecule has 4 heteroatoms. The molecule has 0 radical (unpaired) electrons. The highest BCUT2D eigenvalue weighted by molar-refractivity contribution is 5.81. The van der Waals surface area contributed by atoms with Crippen LogP contribution in [0.1, 0.15) is 57.8 Å². The number of carbonyl (C=O) groups excluding carboxylic acids is 1. The summed E-state index contributed by atoms with van der Waals surface area (Å²) in [5, 5.41) is 9.09. The van der Waals surface area contributed by atoms with Gasteiger partial charge in [0.25, 0.3) is 0 Å². The molecule has 1 N–H and O–H groups in total. The average Bonchev–Trinajstić information content (AvgIpc) is 2.96. The molecule has 1 saturated heterocycles. The Kier molecular flexibility index (Phi) is 3.99. The Morgan fingerprint density at radius 3 is 2.35 bits per heavy atom. The van der Waals surface area contributed by atoms with Crippen LogP contribution >= 0.6 is 0 Å². The zero-order chi connectivity index (χ0) is 14.1. The van der Waals surface area contributed by atoms with E-state index in [1.165, 1.54) is 25.7 Å². The summed E-state index contributed by atoms with van der Waals surface area (Å²) in [4.78, 5) is 25.9. The Morgan fingerprint density at radius 1 is 0.900 bits per heavy atom. The van der Waals surface area contributed by atoms with Gasteiger partial charge in [0.2, 0.25) is 5.91 Å². The van der Waals surface area contributed by atoms with Crippen molar-refractivity contribution < 1.29 is 14.7 Å². The fourth-order valence-corrected chi connectivity index (χ4v) is 4.56. The lowest BCUT2D eigenvalue weighted by Gasteiger charge is -2.45. The number of hydrogen-bond donors (Lipinski definition) is 1. The van der Waals surface area contributed by atoms with Crippen molar-refractivity contribution in [3.63, 3.8) is 0 Å². The van der Waals surface area contributed by atoms with E-state index in [0.717, 1.165) is 25.8 Å². The largest absolute Gasteiger partial charge is 0.481 e. The lowest BCUT2D eigenvalue weighted by molar-refractivity contribution is -0.143. The molecule has 4 nitrogen and oxygen atoms in total. The van der Waals surface area contributed by atoms with Crippen LogP contribution in [0.3, 0.4) is 0 Å². The maximum Gasteiger partial charge on any atom is 0.306 e. The number of fused-ring (bicyclic) bond motifs is 1. The van der Waals surface area contributed by atoms with Gasteiger partial charge in [-0.2, -0.15) is 0 Å².